The number of carbonyl (C=O) groups excluding carboxylic acids is 5. The van der Waals surface area contributed by atoms with Crippen molar-refractivity contribution >= 4 is 29.2 Å². The molecule has 0 unspecified atom stereocenters. The Morgan fingerprint density at radius 1 is 0.667 bits per heavy atom. The van der Waals surface area contributed by atoms with Crippen LogP contribution in [-0.2, 0) is 24.0 Å². The number of hydrogen-bond acceptors (Lipinski definition) is 5. The molecule has 0 fully saturated rings. The molecule has 0 radical (unpaired) electrons. The van der Waals surface area contributed by atoms with E-state index in [4.69, 9.17) is 0 Å². The molecule has 0 spiro atoms. The lowest BCUT2D eigenvalue weighted by atomic mass is 10.2. The van der Waals surface area contributed by atoms with E-state index < -0.39 is 0 Å². The van der Waals surface area contributed by atoms with Crippen molar-refractivity contribution < 1.29 is 24.0 Å². The molecule has 0 aromatic carbocycles. The second-order valence-electron chi connectivity index (χ2n) is 4.85. The fourth-order valence-corrected chi connectivity index (χ4v) is 1.44. The normalized spacial score (nSPS) is 9.81. The van der Waals surface area contributed by atoms with Crippen LogP contribution in [0.4, 0.5) is 0 Å². The van der Waals surface area contributed by atoms with E-state index >= 15 is 0 Å². The molecule has 21 heavy (non-hydrogen) atoms. The number of ketones is 3. The van der Waals surface area contributed by atoms with E-state index in [2.05, 4.69) is 10.6 Å². The molecule has 7 nitrogen and oxygen atoms in total. The fourth-order valence-electron chi connectivity index (χ4n) is 1.44. The zero-order valence-corrected chi connectivity index (χ0v) is 12.5. The van der Waals surface area contributed by atoms with Crippen molar-refractivity contribution in [2.45, 2.75) is 46.0 Å². The molecule has 2 amide bonds. The maximum absolute atomic E-state index is 11.5. The van der Waals surface area contributed by atoms with Gasteiger partial charge >= 0.3 is 0 Å². The van der Waals surface area contributed by atoms with Gasteiger partial charge in [-0.3, -0.25) is 19.2 Å². The van der Waals surface area contributed by atoms with Gasteiger partial charge in [-0.05, 0) is 20.3 Å². The monoisotopic (exact) mass is 298 g/mol. The van der Waals surface area contributed by atoms with Crippen molar-refractivity contribution in [2.75, 3.05) is 13.1 Å². The largest absolute Gasteiger partial charge is 0.349 e. The van der Waals surface area contributed by atoms with Crippen molar-refractivity contribution in [3.05, 3.63) is 0 Å². The van der Waals surface area contributed by atoms with Crippen LogP contribution in [0.5, 0.6) is 0 Å². The topological polar surface area (TPSA) is 109 Å². The van der Waals surface area contributed by atoms with Crippen molar-refractivity contribution in [3.63, 3.8) is 0 Å². The average Bonchev–Trinajstić information content (AvgIpc) is 2.40. The molecule has 0 aliphatic carbocycles. The van der Waals surface area contributed by atoms with E-state index in [1.807, 2.05) is 0 Å². The molecule has 0 atom stereocenters. The van der Waals surface area contributed by atoms with Crippen LogP contribution < -0.4 is 10.6 Å². The van der Waals surface area contributed by atoms with Gasteiger partial charge in [0, 0.05) is 25.7 Å². The summed E-state index contributed by atoms with van der Waals surface area (Å²) < 4.78 is 0. The van der Waals surface area contributed by atoms with Crippen LogP contribution in [-0.4, -0.2) is 42.3 Å². The Morgan fingerprint density at radius 2 is 1.24 bits per heavy atom. The average molecular weight is 298 g/mol. The Hall–Kier alpha value is -2.05. The number of hydrogen-bond donors (Lipinski definition) is 2. The predicted octanol–water partition coefficient (Wildman–Crippen LogP) is -0.0836. The van der Waals surface area contributed by atoms with Crippen molar-refractivity contribution in [2.24, 2.45) is 0 Å². The highest BCUT2D eigenvalue weighted by Gasteiger charge is 2.09. The molecule has 0 aromatic heterocycles. The maximum atomic E-state index is 11.5. The number of rotatable bonds is 11. The van der Waals surface area contributed by atoms with Gasteiger partial charge < -0.3 is 15.4 Å². The van der Waals surface area contributed by atoms with Gasteiger partial charge in [0.15, 0.2) is 5.78 Å². The van der Waals surface area contributed by atoms with Crippen LogP contribution in [0.25, 0.3) is 0 Å². The molecular formula is C14H22N2O5. The van der Waals surface area contributed by atoms with E-state index in [1.54, 1.807) is 0 Å². The van der Waals surface area contributed by atoms with E-state index in [1.165, 1.54) is 13.8 Å². The lowest BCUT2D eigenvalue weighted by Gasteiger charge is -2.05. The van der Waals surface area contributed by atoms with Crippen LogP contribution in [0.15, 0.2) is 0 Å². The highest BCUT2D eigenvalue weighted by molar-refractivity contribution is 5.90. The quantitative estimate of drug-likeness (QED) is 0.554. The van der Waals surface area contributed by atoms with Crippen LogP contribution in [0.1, 0.15) is 46.0 Å². The molecule has 0 rings (SSSR count). The minimum absolute atomic E-state index is 0.00762. The SMILES string of the molecule is CC(=O)CCCC(=O)NCC(=O)CCC(=O)NCC(C)=O. The fraction of sp³-hybridized carbons (Fsp3) is 0.643. The standard InChI is InChI=1S/C14H22N2O5/c1-10(17)4-3-5-13(20)16-9-12(19)6-7-14(21)15-8-11(2)18/h3-9H2,1-2H3,(H,15,21)(H,16,20). The Morgan fingerprint density at radius 3 is 1.81 bits per heavy atom. The van der Waals surface area contributed by atoms with Gasteiger partial charge in [0.1, 0.15) is 11.6 Å². The molecule has 0 aliphatic heterocycles. The summed E-state index contributed by atoms with van der Waals surface area (Å²) in [6, 6.07) is 0. The van der Waals surface area contributed by atoms with Gasteiger partial charge in [0.2, 0.25) is 11.8 Å². The van der Waals surface area contributed by atoms with E-state index in [0.29, 0.717) is 12.8 Å². The summed E-state index contributed by atoms with van der Waals surface area (Å²) in [5.74, 6) is -1.05. The third kappa shape index (κ3) is 12.7. The van der Waals surface area contributed by atoms with Gasteiger partial charge in [-0.1, -0.05) is 0 Å². The molecule has 0 saturated carbocycles. The molecular weight excluding hydrogens is 276 g/mol. The van der Waals surface area contributed by atoms with E-state index in [-0.39, 0.29) is 61.5 Å². The molecule has 0 heterocycles. The molecule has 2 N–H and O–H groups in total. The van der Waals surface area contributed by atoms with Crippen LogP contribution >= 0.6 is 0 Å². The highest BCUT2D eigenvalue weighted by atomic mass is 16.2. The summed E-state index contributed by atoms with van der Waals surface area (Å²) in [7, 11) is 0. The Labute approximate surface area is 123 Å². The molecule has 118 valence electrons. The van der Waals surface area contributed by atoms with E-state index in [0.717, 1.165) is 0 Å². The Bertz CT molecular complexity index is 418. The number of amides is 2. The van der Waals surface area contributed by atoms with Crippen molar-refractivity contribution in [3.8, 4) is 0 Å². The lowest BCUT2D eigenvalue weighted by molar-refractivity contribution is -0.127. The third-order valence-electron chi connectivity index (χ3n) is 2.58. The van der Waals surface area contributed by atoms with Crippen molar-refractivity contribution in [1.29, 1.82) is 0 Å². The van der Waals surface area contributed by atoms with Crippen LogP contribution in [0.2, 0.25) is 0 Å². The summed E-state index contributed by atoms with van der Waals surface area (Å²) in [4.78, 5) is 55.4. The molecule has 7 heteroatoms. The summed E-state index contributed by atoms with van der Waals surface area (Å²) in [5.41, 5.74) is 0. The second-order valence-corrected chi connectivity index (χ2v) is 4.85. The van der Waals surface area contributed by atoms with Gasteiger partial charge in [0.25, 0.3) is 0 Å². The first-order chi connectivity index (χ1) is 9.81. The maximum Gasteiger partial charge on any atom is 0.220 e. The minimum Gasteiger partial charge on any atom is -0.349 e. The molecule has 0 saturated heterocycles. The Balaban J connectivity index is 3.70. The van der Waals surface area contributed by atoms with Crippen LogP contribution in [0.3, 0.4) is 0 Å². The Kier molecular flexibility index (Phi) is 9.66. The lowest BCUT2D eigenvalue weighted by Crippen LogP contribution is -2.31. The molecule has 0 aromatic rings. The summed E-state index contributed by atoms with van der Waals surface area (Å²) >= 11 is 0. The number of carbonyl (C=O) groups is 5. The predicted molar refractivity (Wildman–Crippen MR) is 75.5 cm³/mol. The van der Waals surface area contributed by atoms with Gasteiger partial charge in [-0.25, -0.2) is 0 Å². The minimum atomic E-state index is -0.369. The van der Waals surface area contributed by atoms with Crippen LogP contribution in [0, 0.1) is 0 Å². The van der Waals surface area contributed by atoms with E-state index in [9.17, 15) is 24.0 Å². The highest BCUT2D eigenvalue weighted by Crippen LogP contribution is 1.96. The first kappa shape index (κ1) is 18.9. The summed E-state index contributed by atoms with van der Waals surface area (Å²) in [6.07, 6.45) is 1.01. The van der Waals surface area contributed by atoms with Gasteiger partial charge in [-0.15, -0.1) is 0 Å². The van der Waals surface area contributed by atoms with Crippen molar-refractivity contribution in [1.82, 2.24) is 10.6 Å². The van der Waals surface area contributed by atoms with Gasteiger partial charge in [-0.2, -0.15) is 0 Å². The molecule has 0 bridgehead atoms. The number of Topliss-reactive ketones (excluding diaryl/α,β-unsaturated/α-hetero) is 3. The van der Waals surface area contributed by atoms with Gasteiger partial charge in [0.05, 0.1) is 13.1 Å². The smallest absolute Gasteiger partial charge is 0.220 e. The summed E-state index contributed by atoms with van der Waals surface area (Å²) in [5, 5.41) is 4.83. The second kappa shape index (κ2) is 10.7. The zero-order chi connectivity index (χ0) is 16.3. The molecule has 0 aliphatic rings. The first-order valence-electron chi connectivity index (χ1n) is 6.85. The zero-order valence-electron chi connectivity index (χ0n) is 12.5. The summed E-state index contributed by atoms with van der Waals surface area (Å²) in [6.45, 7) is 2.64. The first-order valence-corrected chi connectivity index (χ1v) is 6.85. The third-order valence-corrected chi connectivity index (χ3v) is 2.58. The number of nitrogens with one attached hydrogen (secondary N) is 2.